The summed E-state index contributed by atoms with van der Waals surface area (Å²) in [5.41, 5.74) is 2.49. The van der Waals surface area contributed by atoms with E-state index in [1.165, 1.54) is 10.9 Å². The lowest BCUT2D eigenvalue weighted by Crippen LogP contribution is -2.13. The van der Waals surface area contributed by atoms with Gasteiger partial charge < -0.3 is 5.32 Å². The Morgan fingerprint density at radius 2 is 1.93 bits per heavy atom. The summed E-state index contributed by atoms with van der Waals surface area (Å²) in [5, 5.41) is 11.5. The van der Waals surface area contributed by atoms with Crippen LogP contribution >= 0.6 is 23.1 Å². The first-order valence-electron chi connectivity index (χ1n) is 8.91. The number of carbonyl (C=O) groups excluding carboxylic acids is 1. The van der Waals surface area contributed by atoms with Crippen molar-refractivity contribution in [2.75, 3.05) is 5.32 Å². The van der Waals surface area contributed by atoms with Gasteiger partial charge in [0.05, 0.1) is 11.3 Å². The average Bonchev–Trinajstić information content (AvgIpc) is 3.27. The number of H-pyrrole nitrogens is 1. The summed E-state index contributed by atoms with van der Waals surface area (Å²) < 4.78 is 0. The second-order valence-electron chi connectivity index (χ2n) is 6.21. The highest BCUT2D eigenvalue weighted by Gasteiger charge is 2.12. The number of benzene rings is 2. The molecule has 144 valence electrons. The molecule has 4 aromatic rings. The third kappa shape index (κ3) is 4.82. The van der Waals surface area contributed by atoms with Crippen molar-refractivity contribution in [2.24, 2.45) is 0 Å². The molecule has 0 bridgehead atoms. The summed E-state index contributed by atoms with van der Waals surface area (Å²) in [4.78, 5) is 26.3. The lowest BCUT2D eigenvalue weighted by atomic mass is 10.1. The average molecular weight is 420 g/mol. The van der Waals surface area contributed by atoms with Crippen LogP contribution in [0.5, 0.6) is 0 Å². The van der Waals surface area contributed by atoms with E-state index < -0.39 is 0 Å². The van der Waals surface area contributed by atoms with Crippen LogP contribution in [-0.4, -0.2) is 16.1 Å². The van der Waals surface area contributed by atoms with Crippen LogP contribution < -0.4 is 10.9 Å². The number of aromatic nitrogens is 2. The van der Waals surface area contributed by atoms with E-state index in [9.17, 15) is 9.59 Å². The molecular formula is C22H17N3O2S2. The summed E-state index contributed by atoms with van der Waals surface area (Å²) in [5.74, 6) is 0.667. The van der Waals surface area contributed by atoms with Crippen molar-refractivity contribution < 1.29 is 4.79 Å². The molecule has 2 aromatic carbocycles. The molecule has 0 aliphatic heterocycles. The maximum atomic E-state index is 12.9. The second kappa shape index (κ2) is 8.89. The lowest BCUT2D eigenvalue weighted by Gasteiger charge is -2.10. The summed E-state index contributed by atoms with van der Waals surface area (Å²) in [6.45, 7) is 0. The maximum Gasteiger partial charge on any atom is 0.264 e. The number of carbonyl (C=O) groups is 1. The third-order valence-electron chi connectivity index (χ3n) is 4.18. The molecule has 2 heterocycles. The summed E-state index contributed by atoms with van der Waals surface area (Å²) in [7, 11) is 0. The summed E-state index contributed by atoms with van der Waals surface area (Å²) in [6, 6.07) is 22.2. The van der Waals surface area contributed by atoms with Crippen molar-refractivity contribution in [3.05, 3.63) is 99.0 Å². The molecular weight excluding hydrogens is 402 g/mol. The quantitative estimate of drug-likeness (QED) is 0.429. The van der Waals surface area contributed by atoms with Gasteiger partial charge in [-0.3, -0.25) is 9.59 Å². The van der Waals surface area contributed by atoms with Crippen molar-refractivity contribution in [2.45, 2.75) is 10.6 Å². The molecule has 0 unspecified atom stereocenters. The van der Waals surface area contributed by atoms with Crippen LogP contribution in [0.3, 0.4) is 0 Å². The number of nitrogens with zero attached hydrogens (tertiary/aromatic N) is 1. The second-order valence-corrected chi connectivity index (χ2v) is 8.25. The van der Waals surface area contributed by atoms with E-state index in [2.05, 4.69) is 27.0 Å². The molecule has 0 saturated carbocycles. The van der Waals surface area contributed by atoms with Crippen LogP contribution in [0.2, 0.25) is 0 Å². The van der Waals surface area contributed by atoms with Gasteiger partial charge in [-0.25, -0.2) is 5.10 Å². The van der Waals surface area contributed by atoms with E-state index in [1.807, 2.05) is 54.6 Å². The minimum atomic E-state index is -0.255. The normalized spacial score (nSPS) is 10.6. The Morgan fingerprint density at radius 3 is 2.72 bits per heavy atom. The fourth-order valence-electron chi connectivity index (χ4n) is 2.78. The van der Waals surface area contributed by atoms with E-state index in [1.54, 1.807) is 29.2 Å². The van der Waals surface area contributed by atoms with Gasteiger partial charge in [0.15, 0.2) is 0 Å². The Labute approximate surface area is 175 Å². The van der Waals surface area contributed by atoms with Crippen molar-refractivity contribution in [1.29, 1.82) is 0 Å². The van der Waals surface area contributed by atoms with Gasteiger partial charge in [0.1, 0.15) is 0 Å². The zero-order valence-corrected chi connectivity index (χ0v) is 16.9. The van der Waals surface area contributed by atoms with Crippen LogP contribution in [0, 0.1) is 0 Å². The zero-order chi connectivity index (χ0) is 20.1. The van der Waals surface area contributed by atoms with E-state index in [0.717, 1.165) is 16.2 Å². The van der Waals surface area contributed by atoms with E-state index in [-0.39, 0.29) is 11.5 Å². The molecule has 29 heavy (non-hydrogen) atoms. The Balaban J connectivity index is 1.52. The van der Waals surface area contributed by atoms with Gasteiger partial charge in [0, 0.05) is 32.8 Å². The molecule has 0 saturated heterocycles. The van der Waals surface area contributed by atoms with Gasteiger partial charge in [-0.1, -0.05) is 30.3 Å². The Hall–Kier alpha value is -3.16. The molecule has 1 amide bonds. The number of hydrogen-bond donors (Lipinski definition) is 2. The van der Waals surface area contributed by atoms with E-state index in [4.69, 9.17) is 0 Å². The molecule has 2 N–H and O–H groups in total. The zero-order valence-electron chi connectivity index (χ0n) is 15.3. The lowest BCUT2D eigenvalue weighted by molar-refractivity contribution is 0.102. The topological polar surface area (TPSA) is 74.8 Å². The number of amides is 1. The highest BCUT2D eigenvalue weighted by molar-refractivity contribution is 7.98. The Kier molecular flexibility index (Phi) is 5.88. The number of thiophene rings is 1. The molecule has 4 rings (SSSR count). The molecule has 0 atom stereocenters. The third-order valence-corrected chi connectivity index (χ3v) is 6.36. The minimum Gasteiger partial charge on any atom is -0.322 e. The van der Waals surface area contributed by atoms with Gasteiger partial charge >= 0.3 is 0 Å². The van der Waals surface area contributed by atoms with Crippen LogP contribution in [-0.2, 0) is 5.75 Å². The molecule has 0 fully saturated rings. The predicted molar refractivity (Wildman–Crippen MR) is 119 cm³/mol. The fourth-order valence-corrected chi connectivity index (χ4v) is 4.61. The maximum absolute atomic E-state index is 12.9. The van der Waals surface area contributed by atoms with Crippen molar-refractivity contribution in [1.82, 2.24) is 10.2 Å². The van der Waals surface area contributed by atoms with Crippen LogP contribution in [0.1, 0.15) is 15.2 Å². The minimum absolute atomic E-state index is 0.161. The monoisotopic (exact) mass is 419 g/mol. The van der Waals surface area contributed by atoms with Gasteiger partial charge in [0.2, 0.25) is 0 Å². The smallest absolute Gasteiger partial charge is 0.264 e. The number of hydrogen-bond acceptors (Lipinski definition) is 5. The molecule has 2 aromatic heterocycles. The van der Waals surface area contributed by atoms with Gasteiger partial charge in [-0.15, -0.1) is 23.1 Å². The first kappa shape index (κ1) is 19.2. The molecule has 0 spiro atoms. The highest BCUT2D eigenvalue weighted by Crippen LogP contribution is 2.29. The van der Waals surface area contributed by atoms with Crippen molar-refractivity contribution >= 4 is 34.7 Å². The summed E-state index contributed by atoms with van der Waals surface area (Å²) in [6.07, 6.45) is 0. The van der Waals surface area contributed by atoms with Gasteiger partial charge in [-0.05, 0) is 41.8 Å². The SMILES string of the molecule is O=C(Nc1cccc(-c2ccc(=O)[nH]n2)c1)c1ccccc1SCc1cccs1. The molecule has 7 heteroatoms. The molecule has 0 radical (unpaired) electrons. The highest BCUT2D eigenvalue weighted by atomic mass is 32.2. The van der Waals surface area contributed by atoms with E-state index >= 15 is 0 Å². The van der Waals surface area contributed by atoms with Crippen molar-refractivity contribution in [3.8, 4) is 11.3 Å². The van der Waals surface area contributed by atoms with Gasteiger partial charge in [0.25, 0.3) is 11.5 Å². The summed E-state index contributed by atoms with van der Waals surface area (Å²) >= 11 is 3.36. The molecule has 0 aliphatic rings. The van der Waals surface area contributed by atoms with Crippen LogP contribution in [0.25, 0.3) is 11.3 Å². The standard InChI is InChI=1S/C22H17N3O2S2/c26-21-11-10-19(24-25-21)15-5-3-6-16(13-15)23-22(27)18-8-1-2-9-20(18)29-14-17-7-4-12-28-17/h1-13H,14H2,(H,23,27)(H,25,26). The van der Waals surface area contributed by atoms with Gasteiger partial charge in [-0.2, -0.15) is 5.10 Å². The Morgan fingerprint density at radius 1 is 1.03 bits per heavy atom. The molecule has 5 nitrogen and oxygen atoms in total. The van der Waals surface area contributed by atoms with Crippen LogP contribution in [0.4, 0.5) is 5.69 Å². The number of aromatic amines is 1. The first-order valence-corrected chi connectivity index (χ1v) is 10.8. The fraction of sp³-hybridized carbons (Fsp3) is 0.0455. The largest absolute Gasteiger partial charge is 0.322 e. The predicted octanol–water partition coefficient (Wildman–Crippen LogP) is 5.04. The number of nitrogens with one attached hydrogen (secondary N) is 2. The van der Waals surface area contributed by atoms with Crippen LogP contribution in [0.15, 0.2) is 87.9 Å². The first-order chi connectivity index (χ1) is 14.2. The number of thioether (sulfide) groups is 1. The van der Waals surface area contributed by atoms with Crippen molar-refractivity contribution in [3.63, 3.8) is 0 Å². The van der Waals surface area contributed by atoms with E-state index in [0.29, 0.717) is 16.9 Å². The Bertz CT molecular complexity index is 1170. The number of anilines is 1. The molecule has 0 aliphatic carbocycles. The number of rotatable bonds is 6.